The van der Waals surface area contributed by atoms with Crippen LogP contribution in [0.3, 0.4) is 0 Å². The van der Waals surface area contributed by atoms with Gasteiger partial charge in [-0.25, -0.2) is 18.7 Å². The average molecular weight is 383 g/mol. The van der Waals surface area contributed by atoms with Gasteiger partial charge in [0.25, 0.3) is 0 Å². The normalized spacial score (nSPS) is 16.5. The molecule has 1 N–H and O–H groups in total. The van der Waals surface area contributed by atoms with Crippen molar-refractivity contribution in [3.05, 3.63) is 48.2 Å². The number of amides is 2. The third-order valence-corrected chi connectivity index (χ3v) is 4.47. The van der Waals surface area contributed by atoms with Crippen LogP contribution in [-0.2, 0) is 9.53 Å². The fourth-order valence-electron chi connectivity index (χ4n) is 3.16. The molecule has 0 aliphatic carbocycles. The van der Waals surface area contributed by atoms with Gasteiger partial charge in [-0.15, -0.1) is 0 Å². The molecule has 2 amide bonds. The maximum absolute atomic E-state index is 14.8. The molecule has 8 nitrogen and oxygen atoms in total. The van der Waals surface area contributed by atoms with E-state index in [0.717, 1.165) is 0 Å². The summed E-state index contributed by atoms with van der Waals surface area (Å²) in [6.45, 7) is 3.63. The predicted molar refractivity (Wildman–Crippen MR) is 99.4 cm³/mol. The molecule has 9 heteroatoms. The summed E-state index contributed by atoms with van der Waals surface area (Å²) in [5.74, 6) is -0.0322. The Labute approximate surface area is 159 Å². The van der Waals surface area contributed by atoms with E-state index in [1.54, 1.807) is 41.9 Å². The summed E-state index contributed by atoms with van der Waals surface area (Å²) in [4.78, 5) is 28.7. The smallest absolute Gasteiger partial charge is 0.414 e. The zero-order valence-electron chi connectivity index (χ0n) is 15.3. The van der Waals surface area contributed by atoms with E-state index in [9.17, 15) is 14.0 Å². The lowest BCUT2D eigenvalue weighted by molar-refractivity contribution is -0.119. The van der Waals surface area contributed by atoms with Crippen molar-refractivity contribution in [1.82, 2.24) is 19.9 Å². The molecule has 28 heavy (non-hydrogen) atoms. The molecule has 0 bridgehead atoms. The molecule has 2 aromatic heterocycles. The molecule has 1 fully saturated rings. The Bertz CT molecular complexity index is 1080. The number of anilines is 1. The fourth-order valence-corrected chi connectivity index (χ4v) is 3.16. The molecular weight excluding hydrogens is 365 g/mol. The van der Waals surface area contributed by atoms with E-state index in [4.69, 9.17) is 4.74 Å². The first-order valence-electron chi connectivity index (χ1n) is 8.76. The lowest BCUT2D eigenvalue weighted by Crippen LogP contribution is -2.33. The second kappa shape index (κ2) is 6.91. The SMILES string of the molecule is CC(=O)NC[C@H]1CN(c2ccc(-c3ccn4nc(C)nc4c3)c(F)c2)C(=O)O1. The van der Waals surface area contributed by atoms with E-state index in [1.807, 2.05) is 0 Å². The van der Waals surface area contributed by atoms with Crippen LogP contribution in [0.2, 0.25) is 0 Å². The van der Waals surface area contributed by atoms with Gasteiger partial charge in [-0.2, -0.15) is 5.10 Å². The molecule has 0 saturated carbocycles. The molecule has 144 valence electrons. The molecule has 1 aromatic carbocycles. The molecule has 0 radical (unpaired) electrons. The van der Waals surface area contributed by atoms with Gasteiger partial charge in [0.1, 0.15) is 17.7 Å². The molecule has 0 unspecified atom stereocenters. The zero-order chi connectivity index (χ0) is 19.8. The van der Waals surface area contributed by atoms with Crippen molar-refractivity contribution in [2.24, 2.45) is 0 Å². The maximum atomic E-state index is 14.8. The first-order chi connectivity index (χ1) is 13.4. The van der Waals surface area contributed by atoms with E-state index in [2.05, 4.69) is 15.4 Å². The molecule has 1 saturated heterocycles. The van der Waals surface area contributed by atoms with Crippen molar-refractivity contribution in [2.75, 3.05) is 18.0 Å². The van der Waals surface area contributed by atoms with Crippen molar-refractivity contribution in [1.29, 1.82) is 0 Å². The number of aryl methyl sites for hydroxylation is 1. The average Bonchev–Trinajstić information content (AvgIpc) is 3.20. The van der Waals surface area contributed by atoms with Gasteiger partial charge >= 0.3 is 6.09 Å². The van der Waals surface area contributed by atoms with Gasteiger partial charge in [-0.05, 0) is 42.8 Å². The van der Waals surface area contributed by atoms with E-state index in [1.165, 1.54) is 17.9 Å². The van der Waals surface area contributed by atoms with Crippen molar-refractivity contribution >= 4 is 23.3 Å². The molecular formula is C19H18FN5O3. The number of nitrogens with one attached hydrogen (secondary N) is 1. The summed E-state index contributed by atoms with van der Waals surface area (Å²) >= 11 is 0. The van der Waals surface area contributed by atoms with Crippen molar-refractivity contribution in [3.63, 3.8) is 0 Å². The number of hydrogen-bond donors (Lipinski definition) is 1. The molecule has 3 heterocycles. The summed E-state index contributed by atoms with van der Waals surface area (Å²) in [5, 5.41) is 6.81. The Kier molecular flexibility index (Phi) is 4.42. The second-order valence-corrected chi connectivity index (χ2v) is 6.59. The van der Waals surface area contributed by atoms with Gasteiger partial charge in [0.05, 0.1) is 18.8 Å². The van der Waals surface area contributed by atoms with Gasteiger partial charge in [0.15, 0.2) is 5.65 Å². The summed E-state index contributed by atoms with van der Waals surface area (Å²) in [6, 6.07) is 8.10. The Balaban J connectivity index is 1.57. The minimum absolute atomic E-state index is 0.204. The van der Waals surface area contributed by atoms with Gasteiger partial charge in [0, 0.05) is 18.7 Å². The Morgan fingerprint density at radius 3 is 2.93 bits per heavy atom. The van der Waals surface area contributed by atoms with E-state index in [-0.39, 0.29) is 19.0 Å². The van der Waals surface area contributed by atoms with Crippen molar-refractivity contribution < 1.29 is 18.7 Å². The summed E-state index contributed by atoms with van der Waals surface area (Å²) < 4.78 is 21.6. The number of fused-ring (bicyclic) bond motifs is 1. The van der Waals surface area contributed by atoms with Crippen LogP contribution in [-0.4, -0.2) is 45.8 Å². The molecule has 1 atom stereocenters. The molecule has 4 rings (SSSR count). The number of halogens is 1. The Morgan fingerprint density at radius 1 is 1.36 bits per heavy atom. The lowest BCUT2D eigenvalue weighted by Gasteiger charge is -2.14. The number of benzene rings is 1. The summed E-state index contributed by atoms with van der Waals surface area (Å²) in [5.41, 5.74) is 2.09. The number of hydrogen-bond acceptors (Lipinski definition) is 5. The monoisotopic (exact) mass is 383 g/mol. The maximum Gasteiger partial charge on any atom is 0.414 e. The number of aromatic nitrogens is 3. The van der Waals surface area contributed by atoms with Crippen LogP contribution >= 0.6 is 0 Å². The highest BCUT2D eigenvalue weighted by Crippen LogP contribution is 2.29. The minimum Gasteiger partial charge on any atom is -0.442 e. The quantitative estimate of drug-likeness (QED) is 0.747. The Hall–Kier alpha value is -3.49. The number of cyclic esters (lactones) is 1. The molecule has 0 spiro atoms. The highest BCUT2D eigenvalue weighted by Gasteiger charge is 2.32. The number of nitrogens with zero attached hydrogens (tertiary/aromatic N) is 4. The lowest BCUT2D eigenvalue weighted by atomic mass is 10.1. The van der Waals surface area contributed by atoms with Crippen molar-refractivity contribution in [3.8, 4) is 11.1 Å². The first kappa shape index (κ1) is 17.9. The first-order valence-corrected chi connectivity index (χ1v) is 8.76. The summed E-state index contributed by atoms with van der Waals surface area (Å²) in [7, 11) is 0. The number of ether oxygens (including phenoxy) is 1. The Morgan fingerprint density at radius 2 is 2.18 bits per heavy atom. The van der Waals surface area contributed by atoms with Crippen LogP contribution in [0.25, 0.3) is 16.8 Å². The van der Waals surface area contributed by atoms with Crippen molar-refractivity contribution in [2.45, 2.75) is 20.0 Å². The molecule has 3 aromatic rings. The third kappa shape index (κ3) is 3.38. The minimum atomic E-state index is -0.567. The number of rotatable bonds is 4. The largest absolute Gasteiger partial charge is 0.442 e. The molecule has 1 aliphatic rings. The third-order valence-electron chi connectivity index (χ3n) is 4.47. The number of pyridine rings is 1. The van der Waals surface area contributed by atoms with Crippen LogP contribution < -0.4 is 10.2 Å². The molecule has 1 aliphatic heterocycles. The van der Waals surface area contributed by atoms with Gasteiger partial charge < -0.3 is 10.1 Å². The van der Waals surface area contributed by atoms with Gasteiger partial charge in [0.2, 0.25) is 5.91 Å². The van der Waals surface area contributed by atoms with Gasteiger partial charge in [-0.3, -0.25) is 9.69 Å². The van der Waals surface area contributed by atoms with Crippen LogP contribution in [0, 0.1) is 12.7 Å². The predicted octanol–water partition coefficient (Wildman–Crippen LogP) is 2.31. The number of carbonyl (C=O) groups is 2. The fraction of sp³-hybridized carbons (Fsp3) is 0.263. The summed E-state index contributed by atoms with van der Waals surface area (Å²) in [6.07, 6.45) is 0.684. The van der Waals surface area contributed by atoms with Crippen LogP contribution in [0.4, 0.5) is 14.9 Å². The zero-order valence-corrected chi connectivity index (χ0v) is 15.3. The highest BCUT2D eigenvalue weighted by atomic mass is 19.1. The topological polar surface area (TPSA) is 88.8 Å². The standard InChI is InChI=1S/C19H18FN5O3/c1-11-22-18-7-13(5-6-25(18)23-11)16-4-3-14(8-17(16)20)24-10-15(28-19(24)27)9-21-12(2)26/h3-8,15H,9-10H2,1-2H3,(H,21,26)/t15-/m0/s1. The van der Waals surface area contributed by atoms with Gasteiger partial charge in [-0.1, -0.05) is 0 Å². The van der Waals surface area contributed by atoms with Crippen LogP contribution in [0.15, 0.2) is 36.5 Å². The number of carbonyl (C=O) groups excluding carboxylic acids is 2. The van der Waals surface area contributed by atoms with Crippen LogP contribution in [0.5, 0.6) is 0 Å². The van der Waals surface area contributed by atoms with E-state index >= 15 is 0 Å². The van der Waals surface area contributed by atoms with E-state index in [0.29, 0.717) is 28.3 Å². The highest BCUT2D eigenvalue weighted by molar-refractivity contribution is 5.90. The van der Waals surface area contributed by atoms with Crippen LogP contribution in [0.1, 0.15) is 12.7 Å². The second-order valence-electron chi connectivity index (χ2n) is 6.59. The van der Waals surface area contributed by atoms with E-state index < -0.39 is 18.0 Å².